The van der Waals surface area contributed by atoms with Crippen molar-refractivity contribution in [1.29, 1.82) is 0 Å². The van der Waals surface area contributed by atoms with Crippen molar-refractivity contribution in [3.63, 3.8) is 0 Å². The van der Waals surface area contributed by atoms with E-state index in [9.17, 15) is 9.59 Å². The Balaban J connectivity index is 0.000000182. The molecule has 0 bridgehead atoms. The van der Waals surface area contributed by atoms with Gasteiger partial charge in [0.1, 0.15) is 10.3 Å². The van der Waals surface area contributed by atoms with Gasteiger partial charge in [-0.2, -0.15) is 0 Å². The number of halogens is 3. The Morgan fingerprint density at radius 1 is 0.780 bits per heavy atom. The third kappa shape index (κ3) is 7.37. The van der Waals surface area contributed by atoms with Crippen molar-refractivity contribution in [2.45, 2.75) is 78.4 Å². The van der Waals surface area contributed by atoms with Gasteiger partial charge >= 0.3 is 7.12 Å². The summed E-state index contributed by atoms with van der Waals surface area (Å²) in [5.41, 5.74) is 8.34. The van der Waals surface area contributed by atoms with Gasteiger partial charge in [0.2, 0.25) is 11.8 Å². The van der Waals surface area contributed by atoms with Crippen LogP contribution < -0.4 is 15.3 Å². The fourth-order valence-corrected chi connectivity index (χ4v) is 7.75. The highest BCUT2D eigenvalue weighted by Crippen LogP contribution is 2.38. The molecule has 260 valence electrons. The van der Waals surface area contributed by atoms with E-state index in [0.29, 0.717) is 16.9 Å². The average molecular weight is 778 g/mol. The highest BCUT2D eigenvalue weighted by atomic mass is 79.9. The summed E-state index contributed by atoms with van der Waals surface area (Å²) in [5.74, 6) is 0.0965. The molecule has 0 unspecified atom stereocenters. The van der Waals surface area contributed by atoms with Gasteiger partial charge in [-0.15, -0.1) is 0 Å². The quantitative estimate of drug-likeness (QED) is 0.155. The van der Waals surface area contributed by atoms with Crippen molar-refractivity contribution in [3.8, 4) is 0 Å². The van der Waals surface area contributed by atoms with Crippen LogP contribution in [-0.2, 0) is 44.6 Å². The highest BCUT2D eigenvalue weighted by molar-refractivity contribution is 9.10. The summed E-state index contributed by atoms with van der Waals surface area (Å²) in [7, 11) is -0.400. The molecule has 0 radical (unpaired) electrons. The normalized spacial score (nSPS) is 16.9. The molecule has 7 rings (SSSR count). The number of fused-ring (bicyclic) bond motifs is 2. The lowest BCUT2D eigenvalue weighted by Crippen LogP contribution is -2.41. The van der Waals surface area contributed by atoms with Crippen LogP contribution in [0.4, 0.5) is 11.4 Å². The van der Waals surface area contributed by atoms with Gasteiger partial charge < -0.3 is 19.1 Å². The molecular formula is C38H40BBrCl2N4O4. The Morgan fingerprint density at radius 2 is 1.24 bits per heavy atom. The molecule has 4 aromatic rings. The Bertz CT molecular complexity index is 1960. The van der Waals surface area contributed by atoms with Crippen molar-refractivity contribution >= 4 is 74.9 Å². The lowest BCUT2D eigenvalue weighted by molar-refractivity contribution is -0.118. The summed E-state index contributed by atoms with van der Waals surface area (Å²) in [6.07, 6.45) is 5.48. The van der Waals surface area contributed by atoms with Crippen LogP contribution in [0.25, 0.3) is 0 Å². The van der Waals surface area contributed by atoms with Crippen LogP contribution >= 0.6 is 39.1 Å². The Labute approximate surface area is 312 Å². The summed E-state index contributed by atoms with van der Waals surface area (Å²) in [5, 5.41) is 0.783. The number of aromatic nitrogens is 2. The first-order chi connectivity index (χ1) is 23.6. The van der Waals surface area contributed by atoms with Gasteiger partial charge in [-0.1, -0.05) is 63.4 Å². The highest BCUT2D eigenvalue weighted by Gasteiger charge is 2.52. The van der Waals surface area contributed by atoms with E-state index in [1.54, 1.807) is 24.5 Å². The van der Waals surface area contributed by atoms with Crippen molar-refractivity contribution in [1.82, 2.24) is 9.97 Å². The number of carbonyl (C=O) groups is 2. The lowest BCUT2D eigenvalue weighted by Gasteiger charge is -2.32. The minimum absolute atomic E-state index is 0.0325. The number of amides is 2. The van der Waals surface area contributed by atoms with Gasteiger partial charge in [-0.3, -0.25) is 9.59 Å². The second-order valence-corrected chi connectivity index (χ2v) is 15.6. The van der Waals surface area contributed by atoms with Crippen LogP contribution in [0.2, 0.25) is 10.3 Å². The molecule has 2 amide bonds. The molecule has 0 saturated carbocycles. The number of nitrogens with zero attached hydrogens (tertiary/aromatic N) is 4. The van der Waals surface area contributed by atoms with Crippen LogP contribution in [0.3, 0.4) is 0 Å². The summed E-state index contributed by atoms with van der Waals surface area (Å²) < 4.78 is 13.5. The first kappa shape index (κ1) is 36.5. The first-order valence-corrected chi connectivity index (χ1v) is 18.3. The third-order valence-corrected chi connectivity index (χ3v) is 11.1. The zero-order valence-corrected chi connectivity index (χ0v) is 32.2. The molecular weight excluding hydrogens is 738 g/mol. The van der Waals surface area contributed by atoms with E-state index in [2.05, 4.69) is 71.8 Å². The molecule has 50 heavy (non-hydrogen) atoms. The molecule has 1 fully saturated rings. The maximum Gasteiger partial charge on any atom is 0.494 e. The van der Waals surface area contributed by atoms with Gasteiger partial charge in [-0.25, -0.2) is 9.97 Å². The molecule has 3 aliphatic rings. The minimum Gasteiger partial charge on any atom is -0.399 e. The van der Waals surface area contributed by atoms with Gasteiger partial charge in [0.25, 0.3) is 0 Å². The number of rotatable bonds is 5. The number of anilines is 2. The lowest BCUT2D eigenvalue weighted by atomic mass is 9.77. The predicted octanol–water partition coefficient (Wildman–Crippen LogP) is 7.41. The van der Waals surface area contributed by atoms with Crippen LogP contribution in [0.5, 0.6) is 0 Å². The average Bonchev–Trinajstić information content (AvgIpc) is 3.73. The Morgan fingerprint density at radius 3 is 1.72 bits per heavy atom. The molecule has 1 saturated heterocycles. The Hall–Kier alpha value is -3.28. The number of aryl methyl sites for hydroxylation is 2. The van der Waals surface area contributed by atoms with Crippen LogP contribution in [-0.4, -0.2) is 53.2 Å². The second kappa shape index (κ2) is 14.4. The van der Waals surface area contributed by atoms with Gasteiger partial charge in [0.15, 0.2) is 0 Å². The molecule has 5 heterocycles. The maximum absolute atomic E-state index is 13.0. The Kier molecular flexibility index (Phi) is 10.5. The predicted molar refractivity (Wildman–Crippen MR) is 204 cm³/mol. The molecule has 0 spiro atoms. The molecule has 0 aliphatic carbocycles. The zero-order chi connectivity index (χ0) is 36.0. The van der Waals surface area contributed by atoms with Crippen molar-refractivity contribution in [3.05, 3.63) is 109 Å². The summed E-state index contributed by atoms with van der Waals surface area (Å²) in [4.78, 5) is 37.4. The van der Waals surface area contributed by atoms with Crippen molar-refractivity contribution < 1.29 is 18.9 Å². The summed E-state index contributed by atoms with van der Waals surface area (Å²) in [6, 6.07) is 15.6. The number of carbonyl (C=O) groups excluding carboxylic acids is 2. The number of hydrogen-bond donors (Lipinski definition) is 0. The molecule has 0 N–H and O–H groups in total. The first-order valence-electron chi connectivity index (χ1n) is 16.7. The van der Waals surface area contributed by atoms with E-state index >= 15 is 0 Å². The topological polar surface area (TPSA) is 84.9 Å². The van der Waals surface area contributed by atoms with Gasteiger partial charge in [0.05, 0.1) is 24.0 Å². The van der Waals surface area contributed by atoms with E-state index in [0.717, 1.165) is 68.5 Å². The third-order valence-electron chi connectivity index (χ3n) is 9.98. The SMILES string of the molecule is Cc1cc(B2OC(C)(C)C(C)(C)O2)cc2c1N(C(=O)Cc1cccnc1Cl)CC2.Cc1cc(Br)cc2c1N(C(=O)Cc1cccnc1Cl)CC2. The second-order valence-electron chi connectivity index (χ2n) is 14.0. The summed E-state index contributed by atoms with van der Waals surface area (Å²) in [6.45, 7) is 13.7. The maximum atomic E-state index is 13.0. The largest absolute Gasteiger partial charge is 0.494 e. The fourth-order valence-electron chi connectivity index (χ4n) is 6.76. The number of pyridine rings is 2. The van der Waals surface area contributed by atoms with Gasteiger partial charge in [0, 0.05) is 41.3 Å². The van der Waals surface area contributed by atoms with E-state index in [4.69, 9.17) is 32.5 Å². The summed E-state index contributed by atoms with van der Waals surface area (Å²) >= 11 is 15.7. The smallest absolute Gasteiger partial charge is 0.399 e. The van der Waals surface area contributed by atoms with Crippen molar-refractivity contribution in [2.75, 3.05) is 22.9 Å². The number of benzene rings is 2. The minimum atomic E-state index is -0.400. The van der Waals surface area contributed by atoms with Crippen LogP contribution in [0, 0.1) is 13.8 Å². The standard InChI is InChI=1S/C22H26BClN2O3.C16H14BrClN2O/c1-14-11-17(23-28-21(2,3)22(4,5)29-23)12-15-8-10-26(19(14)15)18(27)13-16-7-6-9-25-20(16)24;1-10-7-13(17)8-11-4-6-20(15(10)11)14(21)9-12-3-2-5-19-16(12)18/h6-7,9,11-12H,8,10,13H2,1-5H3;2-3,5,7-8H,4,6,9H2,1H3. The van der Waals surface area contributed by atoms with Crippen LogP contribution in [0.1, 0.15) is 61.1 Å². The van der Waals surface area contributed by atoms with E-state index in [1.165, 1.54) is 5.56 Å². The molecule has 3 aliphatic heterocycles. The molecule has 2 aromatic heterocycles. The molecule has 8 nitrogen and oxygen atoms in total. The van der Waals surface area contributed by atoms with E-state index < -0.39 is 7.12 Å². The van der Waals surface area contributed by atoms with Gasteiger partial charge in [-0.05, 0) is 117 Å². The van der Waals surface area contributed by atoms with E-state index in [-0.39, 0.29) is 35.9 Å². The monoisotopic (exact) mass is 776 g/mol. The van der Waals surface area contributed by atoms with Crippen LogP contribution in [0.15, 0.2) is 65.4 Å². The number of hydrogen-bond acceptors (Lipinski definition) is 6. The molecule has 0 atom stereocenters. The van der Waals surface area contributed by atoms with E-state index in [1.807, 2.05) is 41.8 Å². The fraction of sp³-hybridized carbons (Fsp3) is 0.368. The zero-order valence-electron chi connectivity index (χ0n) is 29.1. The molecule has 2 aromatic carbocycles. The van der Waals surface area contributed by atoms with Crippen molar-refractivity contribution in [2.24, 2.45) is 0 Å². The molecule has 12 heteroatoms.